The van der Waals surface area contributed by atoms with Gasteiger partial charge in [-0.3, -0.25) is 9.79 Å². The number of methoxy groups -OCH3 is 1. The Bertz CT molecular complexity index is 2820. The number of halogens is 1. The van der Waals surface area contributed by atoms with Crippen molar-refractivity contribution in [1.82, 2.24) is 34.0 Å². The molecule has 7 aliphatic rings. The minimum atomic E-state index is -1.34. The fourth-order valence-corrected chi connectivity index (χ4v) is 17.4. The van der Waals surface area contributed by atoms with Gasteiger partial charge in [0.15, 0.2) is 0 Å². The molecule has 8 atom stereocenters. The second kappa shape index (κ2) is 20.2. The Morgan fingerprint density at radius 1 is 1.10 bits per heavy atom. The zero-order valence-corrected chi connectivity index (χ0v) is 46.9. The van der Waals surface area contributed by atoms with Crippen LogP contribution < -0.4 is 26.6 Å². The van der Waals surface area contributed by atoms with Gasteiger partial charge in [-0.05, 0) is 44.0 Å². The monoisotopic (exact) mass is 1130 g/mol. The van der Waals surface area contributed by atoms with Gasteiger partial charge >= 0.3 is 258 Å². The number of likely N-dealkylation sites (tertiary alicyclic amines) is 1. The molecule has 1 N–H and O–H groups in total. The molecule has 4 amide bonds. The molecule has 0 radical (unpaired) electrons. The third-order valence-corrected chi connectivity index (χ3v) is 21.3. The summed E-state index contributed by atoms with van der Waals surface area (Å²) in [6, 6.07) is 13.4. The van der Waals surface area contributed by atoms with Crippen LogP contribution in [0, 0.1) is 23.2 Å². The molecule has 7 heterocycles. The van der Waals surface area contributed by atoms with Gasteiger partial charge in [0.25, 0.3) is 0 Å². The van der Waals surface area contributed by atoms with Crippen LogP contribution in [0.15, 0.2) is 65.8 Å². The number of esters is 1. The number of hydrogen-bond acceptors (Lipinski definition) is 11. The summed E-state index contributed by atoms with van der Waals surface area (Å²) in [5.41, 5.74) is 11.2. The number of cyclic esters (lactones) is 1. The molecule has 6 bridgehead atoms. The molecule has 2 aromatic carbocycles. The average molecular weight is 1130 g/mol. The second-order valence-corrected chi connectivity index (χ2v) is 26.7. The van der Waals surface area contributed by atoms with Crippen LogP contribution in [0.3, 0.4) is 0 Å². The summed E-state index contributed by atoms with van der Waals surface area (Å²) >= 11 is 0.738. The summed E-state index contributed by atoms with van der Waals surface area (Å²) in [6.07, 6.45) is 3.04. The van der Waals surface area contributed by atoms with Crippen LogP contribution in [0.1, 0.15) is 83.5 Å². The quantitative estimate of drug-likeness (QED) is 0.123. The Morgan fingerprint density at radius 3 is 2.59 bits per heavy atom. The van der Waals surface area contributed by atoms with E-state index in [4.69, 9.17) is 14.5 Å². The van der Waals surface area contributed by atoms with E-state index < -0.39 is 56.3 Å². The Morgan fingerprint density at radius 2 is 1.88 bits per heavy atom. The van der Waals surface area contributed by atoms with Crippen molar-refractivity contribution in [2.24, 2.45) is 28.2 Å². The first-order chi connectivity index (χ1) is 34.9. The molecule has 15 nitrogen and oxygen atoms in total. The first kappa shape index (κ1) is 51.9. The van der Waals surface area contributed by atoms with Gasteiger partial charge in [-0.2, -0.15) is 0 Å². The predicted molar refractivity (Wildman–Crippen MR) is 281 cm³/mol. The predicted octanol–water partition coefficient (Wildman–Crippen LogP) is 3.01. The van der Waals surface area contributed by atoms with Gasteiger partial charge in [-0.1, -0.05) is 26.8 Å². The van der Waals surface area contributed by atoms with Crippen molar-refractivity contribution in [3.63, 3.8) is 0 Å². The molecule has 6 aliphatic heterocycles. The fraction of sp³-hybridized carbons (Fsp3) is 0.571. The molecular weight excluding hydrogens is 1060 g/mol. The van der Waals surface area contributed by atoms with E-state index in [2.05, 4.69) is 86.5 Å². The number of aryl methyl sites for hydroxylation is 1. The first-order valence-electron chi connectivity index (χ1n) is 26.2. The molecule has 1 spiro atoms. The number of carbonyl (C=O) groups excluding carboxylic acids is 5. The van der Waals surface area contributed by atoms with Crippen molar-refractivity contribution < 1.29 is 54.7 Å². The summed E-state index contributed by atoms with van der Waals surface area (Å²) in [7, 11) is 5.67. The van der Waals surface area contributed by atoms with Crippen molar-refractivity contribution >= 4 is 63.7 Å². The Labute approximate surface area is 444 Å². The van der Waals surface area contributed by atoms with E-state index in [9.17, 15) is 14.4 Å². The third-order valence-electron chi connectivity index (χ3n) is 16.9. The van der Waals surface area contributed by atoms with Crippen molar-refractivity contribution in [2.45, 2.75) is 107 Å². The summed E-state index contributed by atoms with van der Waals surface area (Å²) in [5, 5.41) is 2.67. The van der Waals surface area contributed by atoms with Crippen LogP contribution in [0.25, 0.3) is 27.6 Å². The number of carbonyl (C=O) groups is 5. The molecule has 392 valence electrons. The van der Waals surface area contributed by atoms with Gasteiger partial charge < -0.3 is 18.9 Å². The van der Waals surface area contributed by atoms with Crippen LogP contribution in [0.5, 0.6) is 0 Å². The zero-order chi connectivity index (χ0) is 51.8. The Kier molecular flexibility index (Phi) is 14.4. The number of hydrazine groups is 1. The number of fused-ring (bicyclic) bond motifs is 8. The molecule has 3 aromatic rings. The van der Waals surface area contributed by atoms with Crippen LogP contribution in [0.4, 0.5) is 0 Å². The third kappa shape index (κ3) is 8.87. The van der Waals surface area contributed by atoms with Gasteiger partial charge in [-0.15, -0.1) is 0 Å². The zero-order valence-electron chi connectivity index (χ0n) is 43.9. The summed E-state index contributed by atoms with van der Waals surface area (Å²) in [4.78, 5) is 83.5. The second-order valence-electron chi connectivity index (χ2n) is 22.3. The number of hydrogen-bond donors (Lipinski definition) is 1. The molecule has 73 heavy (non-hydrogen) atoms. The van der Waals surface area contributed by atoms with E-state index in [-0.39, 0.29) is 64.3 Å². The SMILES string of the molecule is C=CC(=O)N1CC[I-][C@H](C(=O)N(C)[C@H](C(=O)N2SCC23Cc2cccc(c2)-c2ccc4c(c2)c2c(n4CC)C4=C(N=C5CCN(C)CC5C4C)[C@@H](OC)C2C(C)(C)COC(=O)[C@@H]2CCCN(N2)C3=O)C(C)C)C1. The molecule has 4 saturated heterocycles. The van der Waals surface area contributed by atoms with E-state index in [1.807, 2.05) is 26.0 Å². The average Bonchev–Trinajstić information content (AvgIpc) is 3.70. The molecule has 17 heteroatoms. The number of amides is 4. The summed E-state index contributed by atoms with van der Waals surface area (Å²) < 4.78 is 17.6. The van der Waals surface area contributed by atoms with Crippen LogP contribution in [-0.2, 0) is 46.4 Å². The van der Waals surface area contributed by atoms with Crippen LogP contribution in [0.2, 0.25) is 0 Å². The van der Waals surface area contributed by atoms with Gasteiger partial charge in [-0.25, -0.2) is 0 Å². The van der Waals surface area contributed by atoms with E-state index in [1.165, 1.54) is 40.6 Å². The molecule has 4 fully saturated rings. The van der Waals surface area contributed by atoms with Crippen LogP contribution in [-0.4, -0.2) is 162 Å². The molecule has 1 aromatic heterocycles. The van der Waals surface area contributed by atoms with Crippen molar-refractivity contribution in [1.29, 1.82) is 0 Å². The Balaban J connectivity index is 1.08. The van der Waals surface area contributed by atoms with E-state index >= 15 is 9.59 Å². The van der Waals surface area contributed by atoms with Gasteiger partial charge in [0.05, 0.1) is 18.0 Å². The molecular formula is C56H72IN8O7S-. The van der Waals surface area contributed by atoms with Gasteiger partial charge in [0.1, 0.15) is 6.10 Å². The number of rotatable bonds is 7. The number of aromatic nitrogens is 1. The van der Waals surface area contributed by atoms with E-state index in [0.29, 0.717) is 38.2 Å². The number of ether oxygens (including phenoxy) is 2. The molecule has 4 unspecified atom stereocenters. The number of likely N-dealkylation sites (N-methyl/N-ethyl adjacent to an activating group) is 1. The minimum absolute atomic E-state index is 0.0989. The van der Waals surface area contributed by atoms with Crippen molar-refractivity contribution in [3.8, 4) is 11.1 Å². The van der Waals surface area contributed by atoms with E-state index in [0.717, 1.165) is 63.8 Å². The summed E-state index contributed by atoms with van der Waals surface area (Å²) in [5.74, 6) is -1.14. The normalized spacial score (nSPS) is 28.8. The topological polar surface area (TPSA) is 149 Å². The fourth-order valence-electron chi connectivity index (χ4n) is 13.0. The number of alkyl halides is 2. The van der Waals surface area contributed by atoms with Crippen LogP contribution >= 0.6 is 11.9 Å². The number of nitrogens with zero attached hydrogens (tertiary/aromatic N) is 7. The number of benzene rings is 2. The summed E-state index contributed by atoms with van der Waals surface area (Å²) in [6.45, 7) is 20.4. The van der Waals surface area contributed by atoms with Crippen molar-refractivity contribution in [2.75, 3.05) is 70.7 Å². The Hall–Kier alpha value is -4.56. The van der Waals surface area contributed by atoms with E-state index in [1.54, 1.807) is 33.3 Å². The maximum atomic E-state index is 15.5. The van der Waals surface area contributed by atoms with Crippen molar-refractivity contribution in [3.05, 3.63) is 77.6 Å². The number of piperidine rings is 1. The van der Waals surface area contributed by atoms with Gasteiger partial charge in [0.2, 0.25) is 0 Å². The number of allylic oxidation sites excluding steroid dienone is 1. The molecule has 0 saturated carbocycles. The molecule has 1 aliphatic carbocycles. The maximum absolute atomic E-state index is 15.5. The molecule has 10 rings (SSSR count). The first-order valence-corrected chi connectivity index (χ1v) is 29.9. The number of nitrogens with one attached hydrogen (secondary N) is 1. The number of aliphatic imine (C=N–C) groups is 1. The van der Waals surface area contributed by atoms with Gasteiger partial charge in [0, 0.05) is 66.2 Å². The standard InChI is InChI=1S/C56H72IN8O7S/c1-11-43(66)62-24-21-57-39(29-62)51(67)61(9)48(32(3)4)52(68)65-56(31-73-65)27-34-15-13-16-35(25-34)36-18-19-42-37(26-36)45-46(55(6,7)30-72-53(69)41-17-14-22-64(59-41)54(56)70)50(71-10)47-44(49(45)63(42)12-2)33(5)38-28-60(8)23-20-40(38)58-47/h11,13,15-16,18-19,25-26,32-33,38-39,41,46,48,50,59H,1,12,14,17,20-24,27-31H2,2-10H3/q-1/t33?,38?,39-,41-,46?,48-,50-,56?/m0/s1.